The second-order valence-corrected chi connectivity index (χ2v) is 3.79. The molecule has 0 heterocycles. The van der Waals surface area contributed by atoms with E-state index in [2.05, 4.69) is 10.1 Å². The van der Waals surface area contributed by atoms with Gasteiger partial charge in [0.25, 0.3) is 0 Å². The predicted molar refractivity (Wildman–Crippen MR) is 68.0 cm³/mol. The molecule has 1 unspecified atom stereocenters. The predicted octanol–water partition coefficient (Wildman–Crippen LogP) is 1.53. The van der Waals surface area contributed by atoms with Crippen LogP contribution in [-0.2, 0) is 9.53 Å². The van der Waals surface area contributed by atoms with E-state index in [1.54, 1.807) is 14.2 Å². The first kappa shape index (κ1) is 14.3. The van der Waals surface area contributed by atoms with Crippen LogP contribution in [0.4, 0.5) is 0 Å². The molecule has 1 aromatic rings. The fourth-order valence-electron chi connectivity index (χ4n) is 1.60. The summed E-state index contributed by atoms with van der Waals surface area (Å²) in [5, 5.41) is 3.07. The van der Waals surface area contributed by atoms with E-state index in [1.807, 2.05) is 25.1 Å². The third-order valence-electron chi connectivity index (χ3n) is 2.68. The summed E-state index contributed by atoms with van der Waals surface area (Å²) in [6.45, 7) is 2.10. The summed E-state index contributed by atoms with van der Waals surface area (Å²) in [6.07, 6.45) is 0. The normalized spacial score (nSPS) is 11.8. The summed E-state index contributed by atoms with van der Waals surface area (Å²) in [5.74, 6) is 1.20. The maximum atomic E-state index is 11.1. The molecular formula is C13H19NO4. The topological polar surface area (TPSA) is 56.8 Å². The number of rotatable bonds is 6. The van der Waals surface area contributed by atoms with Gasteiger partial charge in [-0.1, -0.05) is 0 Å². The third kappa shape index (κ3) is 3.63. The fourth-order valence-corrected chi connectivity index (χ4v) is 1.60. The van der Waals surface area contributed by atoms with E-state index in [4.69, 9.17) is 9.47 Å². The Balaban J connectivity index is 2.82. The molecule has 0 saturated carbocycles. The first-order valence-electron chi connectivity index (χ1n) is 5.64. The van der Waals surface area contributed by atoms with Crippen molar-refractivity contribution in [2.75, 3.05) is 27.9 Å². The molecule has 0 aliphatic carbocycles. The highest BCUT2D eigenvalue weighted by Gasteiger charge is 2.13. The van der Waals surface area contributed by atoms with E-state index < -0.39 is 0 Å². The smallest absolute Gasteiger partial charge is 0.319 e. The number of nitrogens with one attached hydrogen (secondary N) is 1. The van der Waals surface area contributed by atoms with Gasteiger partial charge < -0.3 is 19.5 Å². The van der Waals surface area contributed by atoms with Crippen molar-refractivity contribution in [2.45, 2.75) is 13.0 Å². The van der Waals surface area contributed by atoms with Crippen molar-refractivity contribution in [1.29, 1.82) is 0 Å². The Morgan fingerprint density at radius 1 is 1.28 bits per heavy atom. The molecule has 18 heavy (non-hydrogen) atoms. The number of hydrogen-bond donors (Lipinski definition) is 1. The van der Waals surface area contributed by atoms with E-state index in [1.165, 1.54) is 7.11 Å². The molecule has 1 rings (SSSR count). The molecule has 1 N–H and O–H groups in total. The molecule has 0 saturated heterocycles. The summed E-state index contributed by atoms with van der Waals surface area (Å²) >= 11 is 0. The van der Waals surface area contributed by atoms with Crippen LogP contribution in [0.5, 0.6) is 11.5 Å². The summed E-state index contributed by atoms with van der Waals surface area (Å²) in [6, 6.07) is 5.50. The Morgan fingerprint density at radius 2 is 2.00 bits per heavy atom. The SMILES string of the molecule is COC(=O)CNC(C)c1cc(OC)ccc1OC. The highest BCUT2D eigenvalue weighted by Crippen LogP contribution is 2.28. The number of methoxy groups -OCH3 is 3. The summed E-state index contributed by atoms with van der Waals surface area (Å²) in [5.41, 5.74) is 0.931. The molecule has 5 heteroatoms. The van der Waals surface area contributed by atoms with Gasteiger partial charge in [0, 0.05) is 11.6 Å². The highest BCUT2D eigenvalue weighted by atomic mass is 16.5. The molecule has 1 aromatic carbocycles. The van der Waals surface area contributed by atoms with Gasteiger partial charge in [-0.25, -0.2) is 0 Å². The minimum Gasteiger partial charge on any atom is -0.497 e. The number of ether oxygens (including phenoxy) is 3. The Morgan fingerprint density at radius 3 is 2.56 bits per heavy atom. The molecule has 1 atom stereocenters. The number of esters is 1. The Kier molecular flexibility index (Phi) is 5.45. The zero-order chi connectivity index (χ0) is 13.5. The molecule has 0 amide bonds. The molecule has 0 radical (unpaired) electrons. The molecule has 0 fully saturated rings. The molecule has 5 nitrogen and oxygen atoms in total. The van der Waals surface area contributed by atoms with Crippen LogP contribution in [0.1, 0.15) is 18.5 Å². The molecular weight excluding hydrogens is 234 g/mol. The zero-order valence-corrected chi connectivity index (χ0v) is 11.1. The largest absolute Gasteiger partial charge is 0.497 e. The molecule has 0 aliphatic rings. The minimum absolute atomic E-state index is 0.0471. The Hall–Kier alpha value is -1.75. The third-order valence-corrected chi connectivity index (χ3v) is 2.68. The molecule has 0 spiro atoms. The first-order valence-corrected chi connectivity index (χ1v) is 5.64. The van der Waals surface area contributed by atoms with Gasteiger partial charge in [-0.15, -0.1) is 0 Å². The quantitative estimate of drug-likeness (QED) is 0.779. The summed E-state index contributed by atoms with van der Waals surface area (Å²) in [4.78, 5) is 11.1. The van der Waals surface area contributed by atoms with E-state index in [0.29, 0.717) is 0 Å². The van der Waals surface area contributed by atoms with Crippen molar-refractivity contribution in [3.05, 3.63) is 23.8 Å². The van der Waals surface area contributed by atoms with Crippen LogP contribution in [-0.4, -0.2) is 33.8 Å². The summed E-state index contributed by atoms with van der Waals surface area (Å²) < 4.78 is 15.0. The van der Waals surface area contributed by atoms with Gasteiger partial charge in [0.15, 0.2) is 0 Å². The minimum atomic E-state index is -0.302. The van der Waals surface area contributed by atoms with Gasteiger partial charge in [-0.05, 0) is 25.1 Å². The lowest BCUT2D eigenvalue weighted by molar-refractivity contribution is -0.139. The van der Waals surface area contributed by atoms with Crippen LogP contribution >= 0.6 is 0 Å². The van der Waals surface area contributed by atoms with Crippen LogP contribution in [0.2, 0.25) is 0 Å². The van der Waals surface area contributed by atoms with Crippen molar-refractivity contribution < 1.29 is 19.0 Å². The maximum absolute atomic E-state index is 11.1. The Labute approximate surface area is 107 Å². The van der Waals surface area contributed by atoms with Crippen LogP contribution in [0.15, 0.2) is 18.2 Å². The number of hydrogen-bond acceptors (Lipinski definition) is 5. The van der Waals surface area contributed by atoms with Gasteiger partial charge in [-0.2, -0.15) is 0 Å². The van der Waals surface area contributed by atoms with Crippen molar-refractivity contribution in [2.24, 2.45) is 0 Å². The second kappa shape index (κ2) is 6.86. The second-order valence-electron chi connectivity index (χ2n) is 3.79. The fraction of sp³-hybridized carbons (Fsp3) is 0.462. The average molecular weight is 253 g/mol. The van der Waals surface area contributed by atoms with Crippen LogP contribution < -0.4 is 14.8 Å². The van der Waals surface area contributed by atoms with Crippen molar-refractivity contribution in [3.8, 4) is 11.5 Å². The van der Waals surface area contributed by atoms with Crippen molar-refractivity contribution >= 4 is 5.97 Å². The standard InChI is InChI=1S/C13H19NO4/c1-9(14-8-13(15)18-4)11-7-10(16-2)5-6-12(11)17-3/h5-7,9,14H,8H2,1-4H3. The van der Waals surface area contributed by atoms with E-state index >= 15 is 0 Å². The lowest BCUT2D eigenvalue weighted by Gasteiger charge is -2.17. The number of benzene rings is 1. The van der Waals surface area contributed by atoms with Gasteiger partial charge in [0.05, 0.1) is 27.9 Å². The van der Waals surface area contributed by atoms with Crippen LogP contribution in [0, 0.1) is 0 Å². The number of carbonyl (C=O) groups is 1. The van der Waals surface area contributed by atoms with E-state index in [-0.39, 0.29) is 18.6 Å². The first-order chi connectivity index (χ1) is 8.62. The van der Waals surface area contributed by atoms with Gasteiger partial charge in [0.2, 0.25) is 0 Å². The Bertz CT molecular complexity index is 406. The van der Waals surface area contributed by atoms with Crippen molar-refractivity contribution in [1.82, 2.24) is 5.32 Å². The van der Waals surface area contributed by atoms with Gasteiger partial charge >= 0.3 is 5.97 Å². The van der Waals surface area contributed by atoms with Crippen LogP contribution in [0.3, 0.4) is 0 Å². The highest BCUT2D eigenvalue weighted by molar-refractivity contribution is 5.71. The molecule has 0 bridgehead atoms. The van der Waals surface area contributed by atoms with Crippen LogP contribution in [0.25, 0.3) is 0 Å². The molecule has 100 valence electrons. The van der Waals surface area contributed by atoms with Gasteiger partial charge in [0.1, 0.15) is 11.5 Å². The van der Waals surface area contributed by atoms with Gasteiger partial charge in [-0.3, -0.25) is 4.79 Å². The monoisotopic (exact) mass is 253 g/mol. The average Bonchev–Trinajstić information content (AvgIpc) is 2.43. The lowest BCUT2D eigenvalue weighted by atomic mass is 10.1. The van der Waals surface area contributed by atoms with E-state index in [9.17, 15) is 4.79 Å². The lowest BCUT2D eigenvalue weighted by Crippen LogP contribution is -2.27. The molecule has 0 aromatic heterocycles. The summed E-state index contributed by atoms with van der Waals surface area (Å²) in [7, 11) is 4.58. The molecule has 0 aliphatic heterocycles. The maximum Gasteiger partial charge on any atom is 0.319 e. The number of carbonyl (C=O) groups excluding carboxylic acids is 1. The van der Waals surface area contributed by atoms with Crippen molar-refractivity contribution in [3.63, 3.8) is 0 Å². The van der Waals surface area contributed by atoms with E-state index in [0.717, 1.165) is 17.1 Å². The zero-order valence-electron chi connectivity index (χ0n) is 11.1.